The highest BCUT2D eigenvalue weighted by atomic mass is 16.5. The number of hydrogen-bond donors (Lipinski definition) is 0. The summed E-state index contributed by atoms with van der Waals surface area (Å²) >= 11 is 0. The molecule has 1 aromatic carbocycles. The van der Waals surface area contributed by atoms with Crippen LogP contribution in [0.2, 0.25) is 0 Å². The summed E-state index contributed by atoms with van der Waals surface area (Å²) in [6.07, 6.45) is 4.48. The maximum atomic E-state index is 12.9. The number of likely N-dealkylation sites (tertiary alicyclic amines) is 1. The maximum Gasteiger partial charge on any atom is 0.253 e. The molecule has 1 atom stereocenters. The highest BCUT2D eigenvalue weighted by molar-refractivity contribution is 5.94. The van der Waals surface area contributed by atoms with Gasteiger partial charge in [0.05, 0.1) is 0 Å². The number of carbonyl (C=O) groups excluding carboxylic acids is 1. The van der Waals surface area contributed by atoms with Crippen molar-refractivity contribution >= 4 is 11.6 Å². The Morgan fingerprint density at radius 2 is 1.88 bits per heavy atom. The zero-order chi connectivity index (χ0) is 17.2. The molecular formula is C19H24N4O2. The summed E-state index contributed by atoms with van der Waals surface area (Å²) in [5, 5.41) is 4.03. The number of rotatable bonds is 3. The van der Waals surface area contributed by atoms with Crippen LogP contribution in [0, 0.1) is 6.92 Å². The van der Waals surface area contributed by atoms with E-state index in [1.165, 1.54) is 18.5 Å². The maximum absolute atomic E-state index is 12.9. The summed E-state index contributed by atoms with van der Waals surface area (Å²) < 4.78 is 5.09. The molecule has 2 saturated heterocycles. The zero-order valence-corrected chi connectivity index (χ0v) is 14.6. The Morgan fingerprint density at radius 1 is 1.12 bits per heavy atom. The van der Waals surface area contributed by atoms with Crippen molar-refractivity contribution in [1.82, 2.24) is 15.0 Å². The molecule has 3 heterocycles. The first kappa shape index (κ1) is 16.1. The predicted molar refractivity (Wildman–Crippen MR) is 94.8 cm³/mol. The average Bonchev–Trinajstić information content (AvgIpc) is 3.33. The zero-order valence-electron chi connectivity index (χ0n) is 14.6. The minimum Gasteiger partial charge on any atom is -0.372 e. The van der Waals surface area contributed by atoms with Crippen LogP contribution in [0.15, 0.2) is 28.8 Å². The fourth-order valence-corrected chi connectivity index (χ4v) is 3.83. The van der Waals surface area contributed by atoms with E-state index < -0.39 is 0 Å². The van der Waals surface area contributed by atoms with Crippen LogP contribution in [0.4, 0.5) is 5.69 Å². The van der Waals surface area contributed by atoms with Gasteiger partial charge in [-0.05, 0) is 49.9 Å². The quantitative estimate of drug-likeness (QED) is 0.859. The van der Waals surface area contributed by atoms with E-state index in [1.54, 1.807) is 6.92 Å². The highest BCUT2D eigenvalue weighted by Gasteiger charge is 2.28. The predicted octanol–water partition coefficient (Wildman–Crippen LogP) is 3.00. The molecule has 0 aliphatic carbocycles. The van der Waals surface area contributed by atoms with E-state index in [2.05, 4.69) is 27.2 Å². The van der Waals surface area contributed by atoms with E-state index in [-0.39, 0.29) is 11.8 Å². The Hall–Kier alpha value is -2.37. The lowest BCUT2D eigenvalue weighted by Crippen LogP contribution is -2.39. The van der Waals surface area contributed by atoms with Crippen LogP contribution < -0.4 is 4.90 Å². The van der Waals surface area contributed by atoms with E-state index in [9.17, 15) is 4.79 Å². The highest BCUT2D eigenvalue weighted by Crippen LogP contribution is 2.27. The molecule has 6 nitrogen and oxygen atoms in total. The molecule has 2 aliphatic heterocycles. The normalized spacial score (nSPS) is 20.9. The third-order valence-electron chi connectivity index (χ3n) is 5.20. The van der Waals surface area contributed by atoms with Gasteiger partial charge in [-0.2, -0.15) is 4.98 Å². The summed E-state index contributed by atoms with van der Waals surface area (Å²) in [6, 6.07) is 8.06. The van der Waals surface area contributed by atoms with Gasteiger partial charge in [0.25, 0.3) is 5.91 Å². The van der Waals surface area contributed by atoms with Crippen LogP contribution in [-0.2, 0) is 0 Å². The third-order valence-corrected chi connectivity index (χ3v) is 5.20. The summed E-state index contributed by atoms with van der Waals surface area (Å²) in [7, 11) is 0. The molecule has 25 heavy (non-hydrogen) atoms. The number of piperidine rings is 1. The second-order valence-electron chi connectivity index (χ2n) is 7.00. The Kier molecular flexibility index (Phi) is 4.42. The molecule has 0 saturated carbocycles. The number of aryl methyl sites for hydroxylation is 1. The van der Waals surface area contributed by atoms with E-state index in [0.717, 1.165) is 43.9 Å². The van der Waals surface area contributed by atoms with Gasteiger partial charge >= 0.3 is 0 Å². The number of amides is 1. The van der Waals surface area contributed by atoms with Gasteiger partial charge in [-0.3, -0.25) is 4.79 Å². The second kappa shape index (κ2) is 6.86. The molecule has 2 fully saturated rings. The third kappa shape index (κ3) is 3.38. The minimum atomic E-state index is 0.0953. The van der Waals surface area contributed by atoms with Crippen molar-refractivity contribution in [3.05, 3.63) is 41.5 Å². The Bertz CT molecular complexity index is 734. The van der Waals surface area contributed by atoms with Gasteiger partial charge in [0.1, 0.15) is 0 Å². The van der Waals surface area contributed by atoms with Gasteiger partial charge in [0.2, 0.25) is 5.89 Å². The molecule has 0 N–H and O–H groups in total. The van der Waals surface area contributed by atoms with Gasteiger partial charge < -0.3 is 14.3 Å². The molecule has 6 heteroatoms. The van der Waals surface area contributed by atoms with E-state index >= 15 is 0 Å². The first-order chi connectivity index (χ1) is 12.2. The largest absolute Gasteiger partial charge is 0.372 e. The van der Waals surface area contributed by atoms with Crippen molar-refractivity contribution in [2.45, 2.75) is 38.5 Å². The molecular weight excluding hydrogens is 316 g/mol. The van der Waals surface area contributed by atoms with Crippen molar-refractivity contribution in [1.29, 1.82) is 0 Å². The Morgan fingerprint density at radius 3 is 2.56 bits per heavy atom. The van der Waals surface area contributed by atoms with Crippen LogP contribution in [0.3, 0.4) is 0 Å². The second-order valence-corrected chi connectivity index (χ2v) is 7.00. The van der Waals surface area contributed by atoms with Gasteiger partial charge in [-0.15, -0.1) is 0 Å². The number of nitrogens with zero attached hydrogens (tertiary/aromatic N) is 4. The fraction of sp³-hybridized carbons (Fsp3) is 0.526. The number of aromatic nitrogens is 2. The van der Waals surface area contributed by atoms with E-state index in [0.29, 0.717) is 12.4 Å². The number of carbonyl (C=O) groups is 1. The summed E-state index contributed by atoms with van der Waals surface area (Å²) in [6.45, 7) is 5.48. The van der Waals surface area contributed by atoms with Crippen molar-refractivity contribution < 1.29 is 9.32 Å². The van der Waals surface area contributed by atoms with E-state index in [1.807, 2.05) is 17.0 Å². The lowest BCUT2D eigenvalue weighted by molar-refractivity contribution is 0.0703. The number of hydrogen-bond acceptors (Lipinski definition) is 5. The Labute approximate surface area is 147 Å². The van der Waals surface area contributed by atoms with Crippen LogP contribution in [-0.4, -0.2) is 47.1 Å². The van der Waals surface area contributed by atoms with Gasteiger partial charge in [-0.25, -0.2) is 0 Å². The fourth-order valence-electron chi connectivity index (χ4n) is 3.83. The topological polar surface area (TPSA) is 62.5 Å². The van der Waals surface area contributed by atoms with Gasteiger partial charge in [0.15, 0.2) is 5.82 Å². The van der Waals surface area contributed by atoms with Crippen molar-refractivity contribution in [2.24, 2.45) is 0 Å². The van der Waals surface area contributed by atoms with Crippen molar-refractivity contribution in [3.63, 3.8) is 0 Å². The molecule has 2 aliphatic rings. The van der Waals surface area contributed by atoms with Crippen LogP contribution >= 0.6 is 0 Å². The van der Waals surface area contributed by atoms with Crippen molar-refractivity contribution in [2.75, 3.05) is 31.1 Å². The van der Waals surface area contributed by atoms with Gasteiger partial charge in [-0.1, -0.05) is 5.16 Å². The molecule has 0 spiro atoms. The molecule has 1 unspecified atom stereocenters. The summed E-state index contributed by atoms with van der Waals surface area (Å²) in [4.78, 5) is 21.5. The van der Waals surface area contributed by atoms with Crippen LogP contribution in [0.5, 0.6) is 0 Å². The average molecular weight is 340 g/mol. The summed E-state index contributed by atoms with van der Waals surface area (Å²) in [5.74, 6) is 1.56. The number of benzene rings is 1. The first-order valence-corrected chi connectivity index (χ1v) is 9.15. The summed E-state index contributed by atoms with van der Waals surface area (Å²) in [5.41, 5.74) is 1.97. The minimum absolute atomic E-state index is 0.0953. The smallest absolute Gasteiger partial charge is 0.253 e. The number of anilines is 1. The Balaban J connectivity index is 1.44. The SMILES string of the molecule is Cc1nc(C2CCCN(C(=O)c3ccc(N4CCCC4)cc3)C2)no1. The molecule has 1 amide bonds. The van der Waals surface area contributed by atoms with Crippen LogP contribution in [0.1, 0.15) is 53.7 Å². The lowest BCUT2D eigenvalue weighted by Gasteiger charge is -2.31. The van der Waals surface area contributed by atoms with Gasteiger partial charge in [0, 0.05) is 50.3 Å². The monoisotopic (exact) mass is 340 g/mol. The standard InChI is InChI=1S/C19H24N4O2/c1-14-20-18(21-25-14)16-5-4-12-23(13-16)19(24)15-6-8-17(9-7-15)22-10-2-3-11-22/h6-9,16H,2-5,10-13H2,1H3. The van der Waals surface area contributed by atoms with E-state index in [4.69, 9.17) is 4.52 Å². The molecule has 4 rings (SSSR count). The van der Waals surface area contributed by atoms with Crippen LogP contribution in [0.25, 0.3) is 0 Å². The molecule has 1 aromatic heterocycles. The molecule has 132 valence electrons. The molecule has 2 aromatic rings. The first-order valence-electron chi connectivity index (χ1n) is 9.15. The van der Waals surface area contributed by atoms with Crippen molar-refractivity contribution in [3.8, 4) is 0 Å². The lowest BCUT2D eigenvalue weighted by atomic mass is 9.96. The molecule has 0 radical (unpaired) electrons. The molecule has 0 bridgehead atoms.